The molecular weight excluding hydrogens is 273 g/mol. The molecule has 3 heteroatoms. The van der Waals surface area contributed by atoms with Crippen LogP contribution < -0.4 is 5.32 Å². The fraction of sp³-hybridized carbons (Fsp3) is 0.294. The van der Waals surface area contributed by atoms with Crippen LogP contribution in [0.1, 0.15) is 35.2 Å². The van der Waals surface area contributed by atoms with E-state index in [-0.39, 0.29) is 16.9 Å². The van der Waals surface area contributed by atoms with Gasteiger partial charge in [0.2, 0.25) is 0 Å². The zero-order valence-electron chi connectivity index (χ0n) is 12.0. The van der Waals surface area contributed by atoms with Gasteiger partial charge < -0.3 is 5.32 Å². The lowest BCUT2D eigenvalue weighted by atomic mass is 9.92. The van der Waals surface area contributed by atoms with Crippen LogP contribution in [0.25, 0.3) is 0 Å². The first-order chi connectivity index (χ1) is 9.54. The van der Waals surface area contributed by atoms with Gasteiger partial charge in [0.25, 0.3) is 0 Å². The van der Waals surface area contributed by atoms with Gasteiger partial charge in [0.05, 0.1) is 11.1 Å². The van der Waals surface area contributed by atoms with Gasteiger partial charge in [-0.2, -0.15) is 0 Å². The molecule has 106 valence electrons. The van der Waals surface area contributed by atoms with Crippen LogP contribution >= 0.6 is 11.6 Å². The van der Waals surface area contributed by atoms with E-state index in [0.717, 1.165) is 12.1 Å². The van der Waals surface area contributed by atoms with Crippen molar-refractivity contribution < 1.29 is 4.39 Å². The summed E-state index contributed by atoms with van der Waals surface area (Å²) in [6, 6.07) is 11.2. The molecule has 2 rings (SSSR count). The first-order valence-electron chi connectivity index (χ1n) is 6.79. The summed E-state index contributed by atoms with van der Waals surface area (Å²) in [5.41, 5.74) is 4.53. The van der Waals surface area contributed by atoms with Gasteiger partial charge in [0.15, 0.2) is 0 Å². The normalized spacial score (nSPS) is 12.4. The first kappa shape index (κ1) is 15.0. The van der Waals surface area contributed by atoms with E-state index in [1.54, 1.807) is 6.07 Å². The fourth-order valence-electron chi connectivity index (χ4n) is 2.39. The summed E-state index contributed by atoms with van der Waals surface area (Å²) in [5, 5.41) is 3.58. The van der Waals surface area contributed by atoms with Crippen LogP contribution in [-0.4, -0.2) is 6.54 Å². The van der Waals surface area contributed by atoms with Crippen LogP contribution in [0.2, 0.25) is 5.02 Å². The van der Waals surface area contributed by atoms with Crippen molar-refractivity contribution in [3.8, 4) is 0 Å². The molecule has 0 fully saturated rings. The van der Waals surface area contributed by atoms with E-state index >= 15 is 0 Å². The molecule has 20 heavy (non-hydrogen) atoms. The first-order valence-corrected chi connectivity index (χ1v) is 7.16. The molecule has 1 nitrogen and oxygen atoms in total. The van der Waals surface area contributed by atoms with E-state index in [9.17, 15) is 4.39 Å². The average Bonchev–Trinajstić information content (AvgIpc) is 2.43. The third-order valence-electron chi connectivity index (χ3n) is 3.64. The van der Waals surface area contributed by atoms with Crippen LogP contribution in [-0.2, 0) is 0 Å². The molecule has 2 aromatic rings. The molecule has 2 aromatic carbocycles. The standard InChI is InChI=1S/C17H19ClFN/c1-4-20-17(13-8-9-15(18)16(19)10-13)14-7-5-6-11(2)12(14)3/h5-10,17,20H,4H2,1-3H3. The molecule has 0 saturated carbocycles. The lowest BCUT2D eigenvalue weighted by Gasteiger charge is -2.22. The Kier molecular flexibility index (Phi) is 4.79. The Morgan fingerprint density at radius 3 is 2.60 bits per heavy atom. The van der Waals surface area contributed by atoms with Gasteiger partial charge in [0, 0.05) is 0 Å². The molecule has 0 bridgehead atoms. The number of benzene rings is 2. The van der Waals surface area contributed by atoms with Crippen LogP contribution in [0.4, 0.5) is 4.39 Å². The molecule has 1 unspecified atom stereocenters. The minimum atomic E-state index is -0.377. The van der Waals surface area contributed by atoms with Crippen molar-refractivity contribution in [3.05, 3.63) is 69.5 Å². The van der Waals surface area contributed by atoms with Crippen molar-refractivity contribution in [1.82, 2.24) is 5.32 Å². The minimum absolute atomic E-state index is 0.0216. The highest BCUT2D eigenvalue weighted by molar-refractivity contribution is 6.30. The molecule has 0 aromatic heterocycles. The van der Waals surface area contributed by atoms with E-state index in [1.807, 2.05) is 19.1 Å². The molecule has 0 radical (unpaired) electrons. The largest absolute Gasteiger partial charge is 0.307 e. The van der Waals surface area contributed by atoms with Gasteiger partial charge in [-0.3, -0.25) is 0 Å². The molecule has 0 spiro atoms. The molecule has 1 atom stereocenters. The molecule has 0 amide bonds. The van der Waals surface area contributed by atoms with Crippen molar-refractivity contribution in [1.29, 1.82) is 0 Å². The smallest absolute Gasteiger partial charge is 0.142 e. The molecule has 0 aliphatic rings. The van der Waals surface area contributed by atoms with E-state index < -0.39 is 0 Å². The second-order valence-electron chi connectivity index (χ2n) is 4.95. The summed E-state index contributed by atoms with van der Waals surface area (Å²) in [7, 11) is 0. The van der Waals surface area contributed by atoms with Crippen molar-refractivity contribution in [3.63, 3.8) is 0 Å². The SMILES string of the molecule is CCNC(c1ccc(Cl)c(F)c1)c1cccc(C)c1C. The van der Waals surface area contributed by atoms with Gasteiger partial charge in [-0.1, -0.05) is 42.8 Å². The summed E-state index contributed by atoms with van der Waals surface area (Å²) in [6.45, 7) is 7.04. The van der Waals surface area contributed by atoms with Crippen molar-refractivity contribution in [2.24, 2.45) is 0 Å². The topological polar surface area (TPSA) is 12.0 Å². The second-order valence-corrected chi connectivity index (χ2v) is 5.36. The predicted octanol–water partition coefficient (Wildman–Crippen LogP) is 4.79. The Labute approximate surface area is 124 Å². The highest BCUT2D eigenvalue weighted by Crippen LogP contribution is 2.28. The molecule has 0 saturated heterocycles. The second kappa shape index (κ2) is 6.38. The Morgan fingerprint density at radius 2 is 1.95 bits per heavy atom. The zero-order chi connectivity index (χ0) is 14.7. The predicted molar refractivity (Wildman–Crippen MR) is 82.8 cm³/mol. The van der Waals surface area contributed by atoms with Crippen LogP contribution in [0.15, 0.2) is 36.4 Å². The van der Waals surface area contributed by atoms with Gasteiger partial charge in [0.1, 0.15) is 5.82 Å². The Hall–Kier alpha value is -1.38. The summed E-state index contributed by atoms with van der Waals surface area (Å²) in [5.74, 6) is -0.377. The summed E-state index contributed by atoms with van der Waals surface area (Å²) in [4.78, 5) is 0. The third kappa shape index (κ3) is 3.02. The zero-order valence-corrected chi connectivity index (χ0v) is 12.8. The van der Waals surface area contributed by atoms with Crippen molar-refractivity contribution >= 4 is 11.6 Å². The lowest BCUT2D eigenvalue weighted by molar-refractivity contribution is 0.602. The maximum Gasteiger partial charge on any atom is 0.142 e. The van der Waals surface area contributed by atoms with Gasteiger partial charge >= 0.3 is 0 Å². The maximum atomic E-state index is 13.7. The molecule has 0 aliphatic carbocycles. The lowest BCUT2D eigenvalue weighted by Crippen LogP contribution is -2.23. The fourth-order valence-corrected chi connectivity index (χ4v) is 2.51. The third-order valence-corrected chi connectivity index (χ3v) is 3.95. The molecule has 0 aliphatic heterocycles. The van der Waals surface area contributed by atoms with Crippen LogP contribution in [0, 0.1) is 19.7 Å². The van der Waals surface area contributed by atoms with E-state index in [4.69, 9.17) is 11.6 Å². The Bertz CT molecular complexity index is 610. The van der Waals surface area contributed by atoms with E-state index in [1.165, 1.54) is 22.8 Å². The van der Waals surface area contributed by atoms with Gasteiger partial charge in [-0.25, -0.2) is 4.39 Å². The molecule has 0 heterocycles. The van der Waals surface area contributed by atoms with E-state index in [0.29, 0.717) is 0 Å². The number of aryl methyl sites for hydroxylation is 1. The maximum absolute atomic E-state index is 13.7. The number of hydrogen-bond donors (Lipinski definition) is 1. The monoisotopic (exact) mass is 291 g/mol. The Morgan fingerprint density at radius 1 is 1.20 bits per heavy atom. The molecule has 1 N–H and O–H groups in total. The van der Waals surface area contributed by atoms with Gasteiger partial charge in [-0.05, 0) is 54.8 Å². The van der Waals surface area contributed by atoms with Crippen LogP contribution in [0.5, 0.6) is 0 Å². The highest BCUT2D eigenvalue weighted by atomic mass is 35.5. The summed E-state index contributed by atoms with van der Waals surface area (Å²) >= 11 is 5.77. The van der Waals surface area contributed by atoms with Crippen molar-refractivity contribution in [2.75, 3.05) is 6.54 Å². The van der Waals surface area contributed by atoms with Crippen LogP contribution in [0.3, 0.4) is 0 Å². The summed E-state index contributed by atoms with van der Waals surface area (Å²) < 4.78 is 13.7. The summed E-state index contributed by atoms with van der Waals surface area (Å²) in [6.07, 6.45) is 0. The Balaban J connectivity index is 2.50. The number of nitrogens with one attached hydrogen (secondary N) is 1. The average molecular weight is 292 g/mol. The van der Waals surface area contributed by atoms with Crippen molar-refractivity contribution in [2.45, 2.75) is 26.8 Å². The molecular formula is C17H19ClFN. The number of rotatable bonds is 4. The highest BCUT2D eigenvalue weighted by Gasteiger charge is 2.17. The quantitative estimate of drug-likeness (QED) is 0.853. The van der Waals surface area contributed by atoms with E-state index in [2.05, 4.69) is 31.3 Å². The van der Waals surface area contributed by atoms with Gasteiger partial charge in [-0.15, -0.1) is 0 Å². The number of halogens is 2. The number of hydrogen-bond acceptors (Lipinski definition) is 1. The minimum Gasteiger partial charge on any atom is -0.307 e.